The van der Waals surface area contributed by atoms with Crippen LogP contribution in [0, 0.1) is 5.41 Å². The summed E-state index contributed by atoms with van der Waals surface area (Å²) < 4.78 is 5.23. The Kier molecular flexibility index (Phi) is 3.20. The summed E-state index contributed by atoms with van der Waals surface area (Å²) in [7, 11) is 1.57. The van der Waals surface area contributed by atoms with Crippen molar-refractivity contribution in [3.63, 3.8) is 0 Å². The van der Waals surface area contributed by atoms with E-state index < -0.39 is 5.41 Å². The molecule has 3 nitrogen and oxygen atoms in total. The molecule has 1 saturated carbocycles. The van der Waals surface area contributed by atoms with Gasteiger partial charge >= 0.3 is 0 Å². The van der Waals surface area contributed by atoms with Gasteiger partial charge in [0, 0.05) is 0 Å². The third kappa shape index (κ3) is 2.07. The molecule has 0 spiro atoms. The van der Waals surface area contributed by atoms with Crippen molar-refractivity contribution in [1.29, 1.82) is 0 Å². The summed E-state index contributed by atoms with van der Waals surface area (Å²) in [6, 6.07) is 5.69. The Balaban J connectivity index is 2.39. The molecule has 0 atom stereocenters. The Hall–Kier alpha value is -1.35. The fourth-order valence-electron chi connectivity index (χ4n) is 2.05. The molecule has 0 aliphatic heterocycles. The molecule has 92 valence electrons. The third-order valence-corrected chi connectivity index (χ3v) is 3.55. The van der Waals surface area contributed by atoms with Crippen molar-refractivity contribution >= 4 is 5.78 Å². The van der Waals surface area contributed by atoms with Crippen LogP contribution in [-0.2, 0) is 6.42 Å². The van der Waals surface area contributed by atoms with Crippen LogP contribution in [0.15, 0.2) is 18.2 Å². The Morgan fingerprint density at radius 2 is 2.18 bits per heavy atom. The summed E-state index contributed by atoms with van der Waals surface area (Å²) in [6.45, 7) is 1.99. The lowest BCUT2D eigenvalue weighted by molar-refractivity contribution is 0.0826. The SMILES string of the molecule is CCc1ccc(OC)c(C(=O)C2(CO)CC2)c1. The standard InChI is InChI=1S/C14H18O3/c1-3-10-4-5-12(17-2)11(8-10)13(16)14(9-15)6-7-14/h4-5,8,15H,3,6-7,9H2,1-2H3. The van der Waals surface area contributed by atoms with E-state index in [1.165, 1.54) is 0 Å². The fourth-order valence-corrected chi connectivity index (χ4v) is 2.05. The van der Waals surface area contributed by atoms with Gasteiger partial charge in [-0.2, -0.15) is 0 Å². The summed E-state index contributed by atoms with van der Waals surface area (Å²) in [5.41, 5.74) is 1.20. The number of aryl methyl sites for hydroxylation is 1. The largest absolute Gasteiger partial charge is 0.496 e. The number of rotatable bonds is 5. The molecule has 0 amide bonds. The lowest BCUT2D eigenvalue weighted by atomic mass is 9.93. The summed E-state index contributed by atoms with van der Waals surface area (Å²) >= 11 is 0. The van der Waals surface area contributed by atoms with E-state index in [1.807, 2.05) is 18.2 Å². The molecule has 0 unspecified atom stereocenters. The number of benzene rings is 1. The number of methoxy groups -OCH3 is 1. The Morgan fingerprint density at radius 1 is 1.47 bits per heavy atom. The van der Waals surface area contributed by atoms with Crippen LogP contribution in [0.25, 0.3) is 0 Å². The maximum Gasteiger partial charge on any atom is 0.175 e. The highest BCUT2D eigenvalue weighted by Crippen LogP contribution is 2.48. The van der Waals surface area contributed by atoms with Gasteiger partial charge in [0.1, 0.15) is 5.75 Å². The predicted molar refractivity (Wildman–Crippen MR) is 65.5 cm³/mol. The first-order valence-electron chi connectivity index (χ1n) is 5.99. The van der Waals surface area contributed by atoms with Gasteiger partial charge in [-0.3, -0.25) is 4.79 Å². The van der Waals surface area contributed by atoms with Gasteiger partial charge in [-0.05, 0) is 37.0 Å². The predicted octanol–water partition coefficient (Wildman–Crippen LogP) is 2.21. The van der Waals surface area contributed by atoms with Crippen LogP contribution >= 0.6 is 0 Å². The number of ether oxygens (including phenoxy) is 1. The van der Waals surface area contributed by atoms with Gasteiger partial charge in [-0.25, -0.2) is 0 Å². The van der Waals surface area contributed by atoms with E-state index in [2.05, 4.69) is 6.92 Å². The number of carbonyl (C=O) groups excluding carboxylic acids is 1. The van der Waals surface area contributed by atoms with Gasteiger partial charge < -0.3 is 9.84 Å². The van der Waals surface area contributed by atoms with Crippen LogP contribution in [0.5, 0.6) is 5.75 Å². The molecule has 0 radical (unpaired) electrons. The molecule has 0 heterocycles. The molecule has 2 rings (SSSR count). The van der Waals surface area contributed by atoms with E-state index >= 15 is 0 Å². The quantitative estimate of drug-likeness (QED) is 0.794. The first-order chi connectivity index (χ1) is 8.16. The number of Topliss-reactive ketones (excluding diaryl/α,β-unsaturated/α-hetero) is 1. The zero-order valence-electron chi connectivity index (χ0n) is 10.3. The molecule has 1 aromatic carbocycles. The molecule has 0 saturated heterocycles. The second kappa shape index (κ2) is 4.49. The molecular weight excluding hydrogens is 216 g/mol. The molecule has 0 aromatic heterocycles. The summed E-state index contributed by atoms with van der Waals surface area (Å²) in [4.78, 5) is 12.4. The number of aliphatic hydroxyl groups excluding tert-OH is 1. The van der Waals surface area contributed by atoms with E-state index in [9.17, 15) is 9.90 Å². The summed E-state index contributed by atoms with van der Waals surface area (Å²) in [5.74, 6) is 0.624. The van der Waals surface area contributed by atoms with Crippen LogP contribution in [0.1, 0.15) is 35.7 Å². The average molecular weight is 234 g/mol. The van der Waals surface area contributed by atoms with E-state index in [4.69, 9.17) is 4.74 Å². The van der Waals surface area contributed by atoms with E-state index in [0.717, 1.165) is 24.8 Å². The summed E-state index contributed by atoms with van der Waals surface area (Å²) in [5, 5.41) is 9.32. The minimum Gasteiger partial charge on any atom is -0.496 e. The molecule has 0 bridgehead atoms. The number of hydrogen-bond donors (Lipinski definition) is 1. The van der Waals surface area contributed by atoms with Crippen molar-refractivity contribution in [2.75, 3.05) is 13.7 Å². The van der Waals surface area contributed by atoms with Crippen LogP contribution in [0.4, 0.5) is 0 Å². The van der Waals surface area contributed by atoms with Crippen molar-refractivity contribution in [1.82, 2.24) is 0 Å². The fraction of sp³-hybridized carbons (Fsp3) is 0.500. The molecule has 17 heavy (non-hydrogen) atoms. The topological polar surface area (TPSA) is 46.5 Å². The van der Waals surface area contributed by atoms with Gasteiger partial charge in [0.2, 0.25) is 0 Å². The highest BCUT2D eigenvalue weighted by molar-refractivity contribution is 6.04. The molecule has 3 heteroatoms. The minimum absolute atomic E-state index is 0.0205. The molecule has 1 aromatic rings. The zero-order chi connectivity index (χ0) is 12.5. The van der Waals surface area contributed by atoms with E-state index in [1.54, 1.807) is 7.11 Å². The normalized spacial score (nSPS) is 16.6. The number of ketones is 1. The smallest absolute Gasteiger partial charge is 0.175 e. The molecule has 1 aliphatic carbocycles. The second-order valence-electron chi connectivity index (χ2n) is 4.66. The minimum atomic E-state index is -0.528. The van der Waals surface area contributed by atoms with Gasteiger partial charge in [-0.15, -0.1) is 0 Å². The lowest BCUT2D eigenvalue weighted by Gasteiger charge is -2.14. The van der Waals surface area contributed by atoms with Crippen molar-refractivity contribution in [3.05, 3.63) is 29.3 Å². The maximum atomic E-state index is 12.4. The Bertz CT molecular complexity index is 433. The molecule has 1 aliphatic rings. The lowest BCUT2D eigenvalue weighted by Crippen LogP contribution is -2.20. The van der Waals surface area contributed by atoms with Crippen LogP contribution in [0.2, 0.25) is 0 Å². The average Bonchev–Trinajstić information content (AvgIpc) is 3.18. The molecule has 1 N–H and O–H groups in total. The summed E-state index contributed by atoms with van der Waals surface area (Å²) in [6.07, 6.45) is 2.44. The zero-order valence-corrected chi connectivity index (χ0v) is 10.3. The van der Waals surface area contributed by atoms with E-state index in [0.29, 0.717) is 11.3 Å². The van der Waals surface area contributed by atoms with Crippen molar-refractivity contribution in [2.24, 2.45) is 5.41 Å². The first-order valence-corrected chi connectivity index (χ1v) is 5.99. The second-order valence-corrected chi connectivity index (χ2v) is 4.66. The van der Waals surface area contributed by atoms with Crippen molar-refractivity contribution < 1.29 is 14.6 Å². The first kappa shape index (κ1) is 12.1. The van der Waals surface area contributed by atoms with Gasteiger partial charge in [0.25, 0.3) is 0 Å². The number of carbonyl (C=O) groups is 1. The highest BCUT2D eigenvalue weighted by atomic mass is 16.5. The third-order valence-electron chi connectivity index (χ3n) is 3.55. The maximum absolute atomic E-state index is 12.4. The molecule has 1 fully saturated rings. The Morgan fingerprint density at radius 3 is 2.65 bits per heavy atom. The van der Waals surface area contributed by atoms with Crippen LogP contribution in [-0.4, -0.2) is 24.6 Å². The van der Waals surface area contributed by atoms with Crippen molar-refractivity contribution in [2.45, 2.75) is 26.2 Å². The Labute approximate surface area is 101 Å². The molecular formula is C14H18O3. The van der Waals surface area contributed by atoms with Gasteiger partial charge in [0.15, 0.2) is 5.78 Å². The van der Waals surface area contributed by atoms with Crippen LogP contribution in [0.3, 0.4) is 0 Å². The van der Waals surface area contributed by atoms with E-state index in [-0.39, 0.29) is 12.4 Å². The van der Waals surface area contributed by atoms with Crippen LogP contribution < -0.4 is 4.74 Å². The van der Waals surface area contributed by atoms with Gasteiger partial charge in [-0.1, -0.05) is 13.0 Å². The monoisotopic (exact) mass is 234 g/mol. The van der Waals surface area contributed by atoms with Gasteiger partial charge in [0.05, 0.1) is 24.7 Å². The number of aliphatic hydroxyl groups is 1. The van der Waals surface area contributed by atoms with Crippen molar-refractivity contribution in [3.8, 4) is 5.75 Å². The number of hydrogen-bond acceptors (Lipinski definition) is 3. The highest BCUT2D eigenvalue weighted by Gasteiger charge is 2.50.